The summed E-state index contributed by atoms with van der Waals surface area (Å²) in [6, 6.07) is 11.7. The highest BCUT2D eigenvalue weighted by atomic mass is 16.2. The molecule has 0 aliphatic rings. The van der Waals surface area contributed by atoms with Gasteiger partial charge < -0.3 is 10.6 Å². The molecule has 24 heavy (non-hydrogen) atoms. The zero-order valence-corrected chi connectivity index (χ0v) is 15.0. The number of nitrogens with two attached hydrogens (primary N) is 1. The Morgan fingerprint density at radius 2 is 1.96 bits per heavy atom. The number of benzene rings is 1. The monoisotopic (exact) mass is 328 g/mol. The van der Waals surface area contributed by atoms with Crippen LogP contribution in [0, 0.1) is 5.41 Å². The Morgan fingerprint density at radius 1 is 1.29 bits per heavy atom. The van der Waals surface area contributed by atoms with E-state index in [1.54, 1.807) is 4.90 Å². The van der Waals surface area contributed by atoms with E-state index in [1.165, 1.54) is 0 Å². The predicted octanol–water partition coefficient (Wildman–Crippen LogP) is 2.84. The zero-order chi connectivity index (χ0) is 17.7. The lowest BCUT2D eigenvalue weighted by molar-refractivity contribution is -0.133. The van der Waals surface area contributed by atoms with Crippen molar-refractivity contribution in [3.63, 3.8) is 0 Å². The molecule has 5 nitrogen and oxygen atoms in total. The summed E-state index contributed by atoms with van der Waals surface area (Å²) >= 11 is 0. The smallest absolute Gasteiger partial charge is 0.239 e. The van der Waals surface area contributed by atoms with Gasteiger partial charge in [0.05, 0.1) is 11.7 Å². The van der Waals surface area contributed by atoms with Crippen molar-refractivity contribution in [3.8, 4) is 11.3 Å². The Kier molecular flexibility index (Phi) is 5.78. The fourth-order valence-electron chi connectivity index (χ4n) is 2.47. The highest BCUT2D eigenvalue weighted by molar-refractivity contribution is 5.82. The standard InChI is InChI=1S/C19H28N4O/c1-19(2,3)17(20)18(24)23(4)12-8-11-15-13-16(22-21-15)14-9-6-5-7-10-14/h5-7,9-10,13,17H,8,11-12,20H2,1-4H3,(H,21,22)/t17-/m1/s1. The first-order valence-corrected chi connectivity index (χ1v) is 8.39. The maximum absolute atomic E-state index is 12.3. The van der Waals surface area contributed by atoms with E-state index in [9.17, 15) is 4.79 Å². The minimum Gasteiger partial charge on any atom is -0.344 e. The molecule has 1 atom stereocenters. The van der Waals surface area contributed by atoms with E-state index in [4.69, 9.17) is 5.73 Å². The molecule has 0 saturated carbocycles. The summed E-state index contributed by atoms with van der Waals surface area (Å²) in [5.74, 6) is -0.00270. The van der Waals surface area contributed by atoms with Gasteiger partial charge in [-0.3, -0.25) is 9.89 Å². The zero-order valence-electron chi connectivity index (χ0n) is 15.0. The first kappa shape index (κ1) is 18.2. The molecule has 1 amide bonds. The van der Waals surface area contributed by atoms with Gasteiger partial charge in [0.15, 0.2) is 0 Å². The van der Waals surface area contributed by atoms with Crippen molar-refractivity contribution >= 4 is 5.91 Å². The molecule has 0 spiro atoms. The largest absolute Gasteiger partial charge is 0.344 e. The number of aromatic amines is 1. The number of hydrogen-bond donors (Lipinski definition) is 2. The molecule has 5 heteroatoms. The minimum atomic E-state index is -0.473. The first-order valence-electron chi connectivity index (χ1n) is 8.39. The van der Waals surface area contributed by atoms with E-state index in [2.05, 4.69) is 16.3 Å². The van der Waals surface area contributed by atoms with Crippen molar-refractivity contribution in [3.05, 3.63) is 42.1 Å². The molecule has 3 N–H and O–H groups in total. The number of amides is 1. The van der Waals surface area contributed by atoms with E-state index in [1.807, 2.05) is 58.2 Å². The second-order valence-electron chi connectivity index (χ2n) is 7.35. The lowest BCUT2D eigenvalue weighted by Crippen LogP contribution is -2.49. The number of hydrogen-bond acceptors (Lipinski definition) is 3. The second-order valence-corrected chi connectivity index (χ2v) is 7.35. The lowest BCUT2D eigenvalue weighted by Gasteiger charge is -2.30. The van der Waals surface area contributed by atoms with Crippen LogP contribution in [0.3, 0.4) is 0 Å². The quantitative estimate of drug-likeness (QED) is 0.856. The van der Waals surface area contributed by atoms with Gasteiger partial charge >= 0.3 is 0 Å². The Bertz CT molecular complexity index is 658. The van der Waals surface area contributed by atoms with Crippen LogP contribution in [0.5, 0.6) is 0 Å². The van der Waals surface area contributed by atoms with Crippen molar-refractivity contribution in [2.45, 2.75) is 39.7 Å². The molecule has 1 heterocycles. The normalized spacial score (nSPS) is 12.9. The SMILES string of the molecule is CN(CCCc1cc(-c2ccccc2)n[nH]1)C(=O)[C@@H](N)C(C)(C)C. The molecule has 130 valence electrons. The molecule has 1 aromatic heterocycles. The van der Waals surface area contributed by atoms with E-state index < -0.39 is 6.04 Å². The first-order chi connectivity index (χ1) is 11.3. The molecule has 1 aromatic carbocycles. The van der Waals surface area contributed by atoms with E-state index >= 15 is 0 Å². The third-order valence-corrected chi connectivity index (χ3v) is 4.22. The van der Waals surface area contributed by atoms with Crippen molar-refractivity contribution in [2.24, 2.45) is 11.1 Å². The number of nitrogens with zero attached hydrogens (tertiary/aromatic N) is 2. The number of rotatable bonds is 6. The highest BCUT2D eigenvalue weighted by Gasteiger charge is 2.29. The summed E-state index contributed by atoms with van der Waals surface area (Å²) in [4.78, 5) is 14.0. The molecule has 0 unspecified atom stereocenters. The van der Waals surface area contributed by atoms with E-state index in [0.29, 0.717) is 6.54 Å². The molecule has 2 rings (SSSR count). The third-order valence-electron chi connectivity index (χ3n) is 4.22. The average Bonchev–Trinajstić information content (AvgIpc) is 3.02. The van der Waals surface area contributed by atoms with Crippen molar-refractivity contribution in [1.29, 1.82) is 0 Å². The van der Waals surface area contributed by atoms with Gasteiger partial charge in [-0.25, -0.2) is 0 Å². The third kappa shape index (κ3) is 4.68. The summed E-state index contributed by atoms with van der Waals surface area (Å²) < 4.78 is 0. The number of aromatic nitrogens is 2. The average molecular weight is 328 g/mol. The number of likely N-dealkylation sites (N-methyl/N-ethyl adjacent to an activating group) is 1. The predicted molar refractivity (Wildman–Crippen MR) is 97.4 cm³/mol. The number of carbonyl (C=O) groups excluding carboxylic acids is 1. The Hall–Kier alpha value is -2.14. The number of carbonyl (C=O) groups is 1. The summed E-state index contributed by atoms with van der Waals surface area (Å²) in [6.07, 6.45) is 1.72. The highest BCUT2D eigenvalue weighted by Crippen LogP contribution is 2.19. The van der Waals surface area contributed by atoms with Crippen LogP contribution in [0.15, 0.2) is 36.4 Å². The van der Waals surface area contributed by atoms with Crippen LogP contribution in [0.4, 0.5) is 0 Å². The van der Waals surface area contributed by atoms with Crippen LogP contribution >= 0.6 is 0 Å². The summed E-state index contributed by atoms with van der Waals surface area (Å²) in [6.45, 7) is 6.64. The summed E-state index contributed by atoms with van der Waals surface area (Å²) in [7, 11) is 1.82. The molecule has 0 radical (unpaired) electrons. The van der Waals surface area contributed by atoms with Crippen LogP contribution in [-0.4, -0.2) is 40.6 Å². The van der Waals surface area contributed by atoms with E-state index in [-0.39, 0.29) is 11.3 Å². The van der Waals surface area contributed by atoms with Crippen molar-refractivity contribution < 1.29 is 4.79 Å². The minimum absolute atomic E-state index is 0.00270. The van der Waals surface area contributed by atoms with Crippen LogP contribution in [0.25, 0.3) is 11.3 Å². The Morgan fingerprint density at radius 3 is 2.58 bits per heavy atom. The molecule has 0 fully saturated rings. The van der Waals surface area contributed by atoms with Crippen LogP contribution in [0.2, 0.25) is 0 Å². The number of H-pyrrole nitrogens is 1. The van der Waals surface area contributed by atoms with Gasteiger partial charge in [-0.05, 0) is 24.3 Å². The van der Waals surface area contributed by atoms with Gasteiger partial charge in [0.1, 0.15) is 0 Å². The molecular weight excluding hydrogens is 300 g/mol. The molecular formula is C19H28N4O. The van der Waals surface area contributed by atoms with Crippen LogP contribution < -0.4 is 5.73 Å². The summed E-state index contributed by atoms with van der Waals surface area (Å²) in [5, 5.41) is 7.43. The van der Waals surface area contributed by atoms with Gasteiger partial charge in [-0.1, -0.05) is 51.1 Å². The van der Waals surface area contributed by atoms with Gasteiger partial charge in [0.2, 0.25) is 5.91 Å². The fourth-order valence-corrected chi connectivity index (χ4v) is 2.47. The van der Waals surface area contributed by atoms with Gasteiger partial charge in [-0.15, -0.1) is 0 Å². The van der Waals surface area contributed by atoms with Crippen molar-refractivity contribution in [1.82, 2.24) is 15.1 Å². The second kappa shape index (κ2) is 7.62. The molecule has 0 aliphatic carbocycles. The van der Waals surface area contributed by atoms with Gasteiger partial charge in [0.25, 0.3) is 0 Å². The van der Waals surface area contributed by atoms with Gasteiger partial charge in [0, 0.05) is 24.8 Å². The fraction of sp³-hybridized carbons (Fsp3) is 0.474. The van der Waals surface area contributed by atoms with E-state index in [0.717, 1.165) is 29.8 Å². The van der Waals surface area contributed by atoms with Crippen LogP contribution in [-0.2, 0) is 11.2 Å². The lowest BCUT2D eigenvalue weighted by atomic mass is 9.86. The molecule has 0 saturated heterocycles. The number of aryl methyl sites for hydroxylation is 1. The maximum atomic E-state index is 12.3. The van der Waals surface area contributed by atoms with Crippen molar-refractivity contribution in [2.75, 3.05) is 13.6 Å². The number of nitrogens with one attached hydrogen (secondary N) is 1. The summed E-state index contributed by atoms with van der Waals surface area (Å²) in [5.41, 5.74) is 8.94. The van der Waals surface area contributed by atoms with Gasteiger partial charge in [-0.2, -0.15) is 5.10 Å². The molecule has 2 aromatic rings. The Balaban J connectivity index is 1.84. The molecule has 0 aliphatic heterocycles. The van der Waals surface area contributed by atoms with Crippen LogP contribution in [0.1, 0.15) is 32.9 Å². The molecule has 0 bridgehead atoms. The topological polar surface area (TPSA) is 75.0 Å². The Labute approximate surface area is 144 Å². The maximum Gasteiger partial charge on any atom is 0.239 e.